The van der Waals surface area contributed by atoms with Crippen LogP contribution in [0.5, 0.6) is 5.75 Å². The summed E-state index contributed by atoms with van der Waals surface area (Å²) in [6.07, 6.45) is -0.934. The fourth-order valence-electron chi connectivity index (χ4n) is 1.12. The Morgan fingerprint density at radius 2 is 1.87 bits per heavy atom. The van der Waals surface area contributed by atoms with Crippen LogP contribution in [0.2, 0.25) is 5.02 Å². The standard InChI is InChI=1S/C8H8BClF3O.K/c1-14-8-3-6(2-7(10)4-8)5-9(11,12)13;/h2-4H,5H2,1H3;/q-1;+1. The Hall–Kier alpha value is 0.801. The molecule has 0 radical (unpaired) electrons. The molecule has 0 N–H and O–H groups in total. The average Bonchev–Trinajstić information content (AvgIpc) is 1.99. The smallest absolute Gasteiger partial charge is 0.497 e. The molecule has 1 rings (SSSR count). The molecule has 0 aromatic heterocycles. The molecule has 1 aromatic rings. The summed E-state index contributed by atoms with van der Waals surface area (Å²) >= 11 is 5.62. The van der Waals surface area contributed by atoms with Gasteiger partial charge in [0.15, 0.2) is 0 Å². The predicted octanol–water partition coefficient (Wildman–Crippen LogP) is 0.282. The molecule has 0 aliphatic carbocycles. The fourth-order valence-corrected chi connectivity index (χ4v) is 1.37. The largest absolute Gasteiger partial charge is 1.00 e. The van der Waals surface area contributed by atoms with Crippen molar-refractivity contribution in [3.05, 3.63) is 28.8 Å². The van der Waals surface area contributed by atoms with Crippen molar-refractivity contribution in [2.75, 3.05) is 7.11 Å². The average molecular weight is 263 g/mol. The van der Waals surface area contributed by atoms with Crippen LogP contribution in [0.25, 0.3) is 0 Å². The van der Waals surface area contributed by atoms with Gasteiger partial charge in [-0.05, 0) is 18.2 Å². The number of hydrogen-bond donors (Lipinski definition) is 0. The van der Waals surface area contributed by atoms with Crippen LogP contribution in [-0.2, 0) is 6.32 Å². The molecule has 0 spiro atoms. The molecule has 1 nitrogen and oxygen atoms in total. The summed E-state index contributed by atoms with van der Waals surface area (Å²) in [5.74, 6) is 0.340. The molecule has 0 saturated carbocycles. The van der Waals surface area contributed by atoms with Crippen LogP contribution >= 0.6 is 11.6 Å². The summed E-state index contributed by atoms with van der Waals surface area (Å²) in [7, 11) is 1.38. The maximum atomic E-state index is 12.1. The van der Waals surface area contributed by atoms with Crippen molar-refractivity contribution < 1.29 is 69.1 Å². The van der Waals surface area contributed by atoms with Crippen LogP contribution in [0.15, 0.2) is 18.2 Å². The first kappa shape index (κ1) is 15.8. The van der Waals surface area contributed by atoms with Crippen LogP contribution in [-0.4, -0.2) is 14.1 Å². The number of ether oxygens (including phenoxy) is 1. The van der Waals surface area contributed by atoms with Crippen LogP contribution < -0.4 is 56.1 Å². The van der Waals surface area contributed by atoms with Gasteiger partial charge < -0.3 is 17.7 Å². The summed E-state index contributed by atoms with van der Waals surface area (Å²) < 4.78 is 41.1. The summed E-state index contributed by atoms with van der Waals surface area (Å²) in [6, 6.07) is 4.09. The van der Waals surface area contributed by atoms with Gasteiger partial charge >= 0.3 is 58.4 Å². The minimum atomic E-state index is -4.83. The van der Waals surface area contributed by atoms with E-state index in [0.717, 1.165) is 0 Å². The zero-order valence-corrected chi connectivity index (χ0v) is 12.3. The Labute approximate surface area is 134 Å². The molecule has 0 bridgehead atoms. The number of benzene rings is 1. The van der Waals surface area contributed by atoms with E-state index >= 15 is 0 Å². The fraction of sp³-hybridized carbons (Fsp3) is 0.250. The first-order valence-corrected chi connectivity index (χ1v) is 4.33. The van der Waals surface area contributed by atoms with Crippen molar-refractivity contribution in [1.82, 2.24) is 0 Å². The van der Waals surface area contributed by atoms with Gasteiger partial charge in [0, 0.05) is 5.02 Å². The minimum Gasteiger partial charge on any atom is -0.497 e. The SMILES string of the molecule is COc1cc(Cl)cc(C[B-](F)(F)F)c1.[K+]. The maximum Gasteiger partial charge on any atom is 1.00 e. The molecule has 15 heavy (non-hydrogen) atoms. The van der Waals surface area contributed by atoms with Gasteiger partial charge in [0.25, 0.3) is 0 Å². The normalized spacial score (nSPS) is 10.7. The number of halogens is 4. The number of methoxy groups -OCH3 is 1. The zero-order valence-electron chi connectivity index (χ0n) is 8.44. The van der Waals surface area contributed by atoms with E-state index in [1.165, 1.54) is 25.3 Å². The van der Waals surface area contributed by atoms with Crippen LogP contribution in [0.1, 0.15) is 5.56 Å². The van der Waals surface area contributed by atoms with Crippen molar-refractivity contribution in [2.24, 2.45) is 0 Å². The van der Waals surface area contributed by atoms with Crippen molar-refractivity contribution in [2.45, 2.75) is 6.32 Å². The van der Waals surface area contributed by atoms with E-state index in [-0.39, 0.29) is 62.0 Å². The first-order chi connectivity index (χ1) is 6.40. The van der Waals surface area contributed by atoms with Crippen LogP contribution in [0, 0.1) is 0 Å². The van der Waals surface area contributed by atoms with Gasteiger partial charge in [-0.1, -0.05) is 23.5 Å². The summed E-state index contributed by atoms with van der Waals surface area (Å²) in [6.45, 7) is -4.83. The molecule has 0 heterocycles. The van der Waals surface area contributed by atoms with Crippen molar-refractivity contribution in [3.63, 3.8) is 0 Å². The van der Waals surface area contributed by atoms with E-state index in [0.29, 0.717) is 5.75 Å². The third-order valence-electron chi connectivity index (χ3n) is 1.63. The molecule has 7 heteroatoms. The van der Waals surface area contributed by atoms with E-state index in [1.807, 2.05) is 0 Å². The molecule has 0 atom stereocenters. The molecular weight excluding hydrogens is 254 g/mol. The Bertz CT molecular complexity index is 332. The second-order valence-electron chi connectivity index (χ2n) is 2.91. The molecule has 1 aromatic carbocycles. The maximum absolute atomic E-state index is 12.1. The second kappa shape index (κ2) is 6.52. The molecule has 0 aliphatic rings. The van der Waals surface area contributed by atoms with Gasteiger partial charge in [0.05, 0.1) is 7.11 Å². The Morgan fingerprint density at radius 1 is 1.27 bits per heavy atom. The third kappa shape index (κ3) is 6.19. The van der Waals surface area contributed by atoms with E-state index in [9.17, 15) is 12.9 Å². The topological polar surface area (TPSA) is 9.23 Å². The van der Waals surface area contributed by atoms with Crippen molar-refractivity contribution in [3.8, 4) is 5.75 Å². The van der Waals surface area contributed by atoms with Gasteiger partial charge in [-0.15, -0.1) is 0 Å². The van der Waals surface area contributed by atoms with E-state index < -0.39 is 13.3 Å². The number of rotatable bonds is 3. The Morgan fingerprint density at radius 3 is 2.33 bits per heavy atom. The second-order valence-corrected chi connectivity index (χ2v) is 3.35. The molecular formula is C8H8BClF3KO. The van der Waals surface area contributed by atoms with E-state index in [2.05, 4.69) is 0 Å². The van der Waals surface area contributed by atoms with Gasteiger partial charge in [-0.2, -0.15) is 0 Å². The molecule has 0 fully saturated rings. The van der Waals surface area contributed by atoms with Gasteiger partial charge in [-0.3, -0.25) is 0 Å². The van der Waals surface area contributed by atoms with Crippen molar-refractivity contribution >= 4 is 18.6 Å². The van der Waals surface area contributed by atoms with E-state index in [1.54, 1.807) is 0 Å². The van der Waals surface area contributed by atoms with Gasteiger partial charge in [0.2, 0.25) is 0 Å². The molecule has 0 unspecified atom stereocenters. The van der Waals surface area contributed by atoms with Gasteiger partial charge in [-0.25, -0.2) is 0 Å². The molecule has 0 aliphatic heterocycles. The molecule has 0 amide bonds. The predicted molar refractivity (Wildman–Crippen MR) is 50.8 cm³/mol. The summed E-state index contributed by atoms with van der Waals surface area (Å²) in [5.41, 5.74) is 0.127. The molecule has 78 valence electrons. The summed E-state index contributed by atoms with van der Waals surface area (Å²) in [5, 5.41) is 0.249. The van der Waals surface area contributed by atoms with Crippen LogP contribution in [0.3, 0.4) is 0 Å². The van der Waals surface area contributed by atoms with E-state index in [4.69, 9.17) is 16.3 Å². The zero-order chi connectivity index (χ0) is 10.8. The minimum absolute atomic E-state index is 0. The Balaban J connectivity index is 0.00000196. The Kier molecular flexibility index (Phi) is 6.86. The van der Waals surface area contributed by atoms with Crippen molar-refractivity contribution in [1.29, 1.82) is 0 Å². The molecule has 0 saturated heterocycles. The number of hydrogen-bond acceptors (Lipinski definition) is 1. The summed E-state index contributed by atoms with van der Waals surface area (Å²) in [4.78, 5) is 0. The first-order valence-electron chi connectivity index (χ1n) is 3.95. The van der Waals surface area contributed by atoms with Gasteiger partial charge in [0.1, 0.15) is 5.75 Å². The quantitative estimate of drug-likeness (QED) is 0.711. The van der Waals surface area contributed by atoms with Crippen LogP contribution in [0.4, 0.5) is 12.9 Å². The monoisotopic (exact) mass is 262 g/mol. The third-order valence-corrected chi connectivity index (χ3v) is 1.85.